The summed E-state index contributed by atoms with van der Waals surface area (Å²) in [5, 5.41) is 9.00. The van der Waals surface area contributed by atoms with E-state index < -0.39 is 12.0 Å². The molecule has 0 amide bonds. The molecule has 0 fully saturated rings. The molecule has 5 heteroatoms. The number of halogens is 2. The molecule has 70 valence electrons. The highest BCUT2D eigenvalue weighted by molar-refractivity contribution is 9.10. The van der Waals surface area contributed by atoms with Crippen molar-refractivity contribution in [2.45, 2.75) is 6.04 Å². The molecule has 1 rings (SSSR count). The average Bonchev–Trinajstić information content (AvgIpc) is 2.08. The molecule has 1 aromatic rings. The van der Waals surface area contributed by atoms with E-state index in [1.165, 1.54) is 0 Å². The average molecular weight is 265 g/mol. The van der Waals surface area contributed by atoms with Crippen molar-refractivity contribution in [3.63, 3.8) is 0 Å². The quantitative estimate of drug-likeness (QED) is 0.860. The molecule has 0 aliphatic heterocycles. The summed E-state index contributed by atoms with van der Waals surface area (Å²) in [6, 6.07) is 3.92. The number of rotatable bonds is 2. The molecular weight excluding hydrogens is 257 g/mol. The molecule has 0 saturated heterocycles. The fourth-order valence-electron chi connectivity index (χ4n) is 0.894. The van der Waals surface area contributed by atoms with Crippen molar-refractivity contribution in [2.75, 3.05) is 0 Å². The van der Waals surface area contributed by atoms with Crippen LogP contribution in [0.2, 0.25) is 5.02 Å². The van der Waals surface area contributed by atoms with Crippen LogP contribution in [0.4, 0.5) is 0 Å². The summed E-state index contributed by atoms with van der Waals surface area (Å²) >= 11 is 9.02. The molecule has 1 aromatic carbocycles. The molecule has 1 atom stereocenters. The smallest absolute Gasteiger partial charge is 0.325 e. The van der Waals surface area contributed by atoms with E-state index in [0.717, 1.165) is 0 Å². The van der Waals surface area contributed by atoms with Crippen LogP contribution in [0.15, 0.2) is 22.7 Å². The van der Waals surface area contributed by atoms with Gasteiger partial charge in [-0.1, -0.05) is 23.7 Å². The van der Waals surface area contributed by atoms with E-state index in [0.29, 0.717) is 15.1 Å². The monoisotopic (exact) mass is 263 g/mol. The van der Waals surface area contributed by atoms with Crippen LogP contribution in [0, 0.1) is 0 Å². The molecule has 13 heavy (non-hydrogen) atoms. The van der Waals surface area contributed by atoms with Crippen LogP contribution in [0.3, 0.4) is 0 Å². The standard InChI is InChI=1S/C8H7BrClNO2/c9-5-3-1-2-4(6(5)10)7(11)8(12)13/h1-3,7H,11H2,(H,12,13)/t7-/m1/s1. The topological polar surface area (TPSA) is 63.3 Å². The fraction of sp³-hybridized carbons (Fsp3) is 0.125. The van der Waals surface area contributed by atoms with E-state index in [1.54, 1.807) is 18.2 Å². The van der Waals surface area contributed by atoms with Crippen molar-refractivity contribution in [1.82, 2.24) is 0 Å². The molecule has 0 spiro atoms. The molecule has 0 heterocycles. The predicted octanol–water partition coefficient (Wildman–Crippen LogP) is 2.19. The van der Waals surface area contributed by atoms with Gasteiger partial charge in [0.15, 0.2) is 0 Å². The first-order valence-corrected chi connectivity index (χ1v) is 4.63. The summed E-state index contributed by atoms with van der Waals surface area (Å²) in [6.45, 7) is 0. The predicted molar refractivity (Wildman–Crippen MR) is 53.7 cm³/mol. The normalized spacial score (nSPS) is 12.5. The Bertz CT molecular complexity index is 343. The van der Waals surface area contributed by atoms with Crippen molar-refractivity contribution in [3.05, 3.63) is 33.3 Å². The summed E-state index contributed by atoms with van der Waals surface area (Å²) in [5.74, 6) is -1.10. The molecule has 3 nitrogen and oxygen atoms in total. The zero-order valence-electron chi connectivity index (χ0n) is 6.50. The summed E-state index contributed by atoms with van der Waals surface area (Å²) < 4.78 is 0.642. The highest BCUT2D eigenvalue weighted by Crippen LogP contribution is 2.29. The maximum Gasteiger partial charge on any atom is 0.325 e. The second kappa shape index (κ2) is 4.09. The second-order valence-electron chi connectivity index (χ2n) is 2.46. The SMILES string of the molecule is N[C@@H](C(=O)O)c1cccc(Br)c1Cl. The molecule has 0 unspecified atom stereocenters. The van der Waals surface area contributed by atoms with Gasteiger partial charge in [0.05, 0.1) is 5.02 Å². The van der Waals surface area contributed by atoms with Crippen LogP contribution in [0.25, 0.3) is 0 Å². The van der Waals surface area contributed by atoms with Gasteiger partial charge in [0.25, 0.3) is 0 Å². The van der Waals surface area contributed by atoms with E-state index in [-0.39, 0.29) is 0 Å². The van der Waals surface area contributed by atoms with Crippen LogP contribution in [0.1, 0.15) is 11.6 Å². The molecular formula is C8H7BrClNO2. The number of carboxylic acids is 1. The Morgan fingerprint density at radius 1 is 1.62 bits per heavy atom. The van der Waals surface area contributed by atoms with E-state index in [9.17, 15) is 4.79 Å². The highest BCUT2D eigenvalue weighted by Gasteiger charge is 2.18. The first-order chi connectivity index (χ1) is 6.04. The molecule has 0 saturated carbocycles. The lowest BCUT2D eigenvalue weighted by Gasteiger charge is -2.09. The minimum absolute atomic E-state index is 0.345. The number of benzene rings is 1. The minimum atomic E-state index is -1.10. The Morgan fingerprint density at radius 3 is 2.77 bits per heavy atom. The van der Waals surface area contributed by atoms with Gasteiger partial charge in [-0.05, 0) is 27.6 Å². The number of carboxylic acid groups (broad SMARTS) is 1. The molecule has 0 aliphatic rings. The maximum absolute atomic E-state index is 10.6. The Morgan fingerprint density at radius 2 is 2.23 bits per heavy atom. The van der Waals surface area contributed by atoms with Gasteiger partial charge in [0, 0.05) is 4.47 Å². The zero-order chi connectivity index (χ0) is 10.0. The van der Waals surface area contributed by atoms with Gasteiger partial charge in [-0.3, -0.25) is 4.79 Å². The molecule has 0 bridgehead atoms. The van der Waals surface area contributed by atoms with Gasteiger partial charge in [0.1, 0.15) is 6.04 Å². The first kappa shape index (κ1) is 10.5. The highest BCUT2D eigenvalue weighted by atomic mass is 79.9. The van der Waals surface area contributed by atoms with Crippen molar-refractivity contribution < 1.29 is 9.90 Å². The number of nitrogens with two attached hydrogens (primary N) is 1. The Kier molecular flexibility index (Phi) is 3.30. The van der Waals surface area contributed by atoms with Crippen LogP contribution in [-0.2, 0) is 4.79 Å². The second-order valence-corrected chi connectivity index (χ2v) is 3.69. The molecule has 3 N–H and O–H groups in total. The van der Waals surface area contributed by atoms with Gasteiger partial charge < -0.3 is 10.8 Å². The Labute approximate surface area is 88.6 Å². The van der Waals surface area contributed by atoms with E-state index in [1.807, 2.05) is 0 Å². The zero-order valence-corrected chi connectivity index (χ0v) is 8.84. The lowest BCUT2D eigenvalue weighted by Crippen LogP contribution is -2.20. The Hall–Kier alpha value is -0.580. The number of hydrogen-bond acceptors (Lipinski definition) is 2. The first-order valence-electron chi connectivity index (χ1n) is 3.46. The van der Waals surface area contributed by atoms with Gasteiger partial charge in [-0.25, -0.2) is 0 Å². The van der Waals surface area contributed by atoms with Crippen LogP contribution in [0.5, 0.6) is 0 Å². The number of carbonyl (C=O) groups is 1. The summed E-state index contributed by atoms with van der Waals surface area (Å²) in [5.41, 5.74) is 5.81. The summed E-state index contributed by atoms with van der Waals surface area (Å²) in [4.78, 5) is 10.6. The number of aliphatic carboxylic acids is 1. The van der Waals surface area contributed by atoms with Crippen LogP contribution in [-0.4, -0.2) is 11.1 Å². The minimum Gasteiger partial charge on any atom is -0.480 e. The summed E-state index contributed by atoms with van der Waals surface area (Å²) in [7, 11) is 0. The van der Waals surface area contributed by atoms with Gasteiger partial charge in [-0.2, -0.15) is 0 Å². The van der Waals surface area contributed by atoms with Gasteiger partial charge >= 0.3 is 5.97 Å². The van der Waals surface area contributed by atoms with Crippen LogP contribution < -0.4 is 5.73 Å². The molecule has 0 radical (unpaired) electrons. The van der Waals surface area contributed by atoms with Gasteiger partial charge in [0.2, 0.25) is 0 Å². The number of hydrogen-bond donors (Lipinski definition) is 2. The lowest BCUT2D eigenvalue weighted by atomic mass is 10.1. The molecule has 0 aliphatic carbocycles. The third-order valence-electron chi connectivity index (χ3n) is 1.58. The van der Waals surface area contributed by atoms with Crippen molar-refractivity contribution in [2.24, 2.45) is 5.73 Å². The summed E-state index contributed by atoms with van der Waals surface area (Å²) in [6.07, 6.45) is 0. The lowest BCUT2D eigenvalue weighted by molar-refractivity contribution is -0.138. The van der Waals surface area contributed by atoms with E-state index in [4.69, 9.17) is 22.4 Å². The molecule has 0 aromatic heterocycles. The van der Waals surface area contributed by atoms with Crippen molar-refractivity contribution >= 4 is 33.5 Å². The van der Waals surface area contributed by atoms with Crippen LogP contribution >= 0.6 is 27.5 Å². The van der Waals surface area contributed by atoms with Crippen molar-refractivity contribution in [3.8, 4) is 0 Å². The maximum atomic E-state index is 10.6. The van der Waals surface area contributed by atoms with E-state index in [2.05, 4.69) is 15.9 Å². The Balaban J connectivity index is 3.15. The third-order valence-corrected chi connectivity index (χ3v) is 2.89. The third kappa shape index (κ3) is 2.21. The van der Waals surface area contributed by atoms with E-state index >= 15 is 0 Å². The van der Waals surface area contributed by atoms with Crippen molar-refractivity contribution in [1.29, 1.82) is 0 Å². The fourth-order valence-corrected chi connectivity index (χ4v) is 1.52. The largest absolute Gasteiger partial charge is 0.480 e. The van der Waals surface area contributed by atoms with Gasteiger partial charge in [-0.15, -0.1) is 0 Å².